The van der Waals surface area contributed by atoms with Gasteiger partial charge in [0.15, 0.2) is 0 Å². The predicted molar refractivity (Wildman–Crippen MR) is 94.5 cm³/mol. The SMILES string of the molecule is CCCCCC1CCC(C2CCC(CCC)CC2C)CC1. The zero-order chi connectivity index (χ0) is 15.1. The van der Waals surface area contributed by atoms with Crippen molar-refractivity contribution < 1.29 is 0 Å². The first-order valence-corrected chi connectivity index (χ1v) is 10.2. The van der Waals surface area contributed by atoms with E-state index in [4.69, 9.17) is 0 Å². The molecule has 0 heteroatoms. The van der Waals surface area contributed by atoms with Crippen LogP contribution >= 0.6 is 0 Å². The number of hydrogen-bond acceptors (Lipinski definition) is 0. The fraction of sp³-hybridized carbons (Fsp3) is 1.00. The van der Waals surface area contributed by atoms with E-state index in [1.807, 2.05) is 0 Å². The molecule has 0 aliphatic heterocycles. The van der Waals surface area contributed by atoms with Crippen molar-refractivity contribution in [3.05, 3.63) is 0 Å². The monoisotopic (exact) mass is 292 g/mol. The lowest BCUT2D eigenvalue weighted by Crippen LogP contribution is -2.31. The lowest BCUT2D eigenvalue weighted by Gasteiger charge is -2.41. The molecule has 0 aromatic rings. The van der Waals surface area contributed by atoms with Crippen molar-refractivity contribution in [2.75, 3.05) is 0 Å². The number of hydrogen-bond donors (Lipinski definition) is 0. The average molecular weight is 293 g/mol. The van der Waals surface area contributed by atoms with Gasteiger partial charge in [-0.05, 0) is 55.3 Å². The fourth-order valence-corrected chi connectivity index (χ4v) is 5.49. The van der Waals surface area contributed by atoms with Crippen molar-refractivity contribution in [1.82, 2.24) is 0 Å². The van der Waals surface area contributed by atoms with E-state index < -0.39 is 0 Å². The van der Waals surface area contributed by atoms with Gasteiger partial charge in [-0.3, -0.25) is 0 Å². The van der Waals surface area contributed by atoms with Crippen LogP contribution in [0.4, 0.5) is 0 Å². The number of rotatable bonds is 7. The maximum atomic E-state index is 2.57. The van der Waals surface area contributed by atoms with Gasteiger partial charge in [0.1, 0.15) is 0 Å². The van der Waals surface area contributed by atoms with Gasteiger partial charge in [-0.25, -0.2) is 0 Å². The molecule has 2 rings (SSSR count). The average Bonchev–Trinajstić information content (AvgIpc) is 2.49. The molecule has 0 aromatic carbocycles. The molecule has 3 atom stereocenters. The summed E-state index contributed by atoms with van der Waals surface area (Å²) in [6.07, 6.45) is 19.6. The van der Waals surface area contributed by atoms with Gasteiger partial charge < -0.3 is 0 Å². The third-order valence-electron chi connectivity index (χ3n) is 6.75. The molecule has 0 nitrogen and oxygen atoms in total. The Morgan fingerprint density at radius 3 is 2.05 bits per heavy atom. The predicted octanol–water partition coefficient (Wildman–Crippen LogP) is 7.23. The van der Waals surface area contributed by atoms with Gasteiger partial charge in [0.05, 0.1) is 0 Å². The minimum atomic E-state index is 1.01. The van der Waals surface area contributed by atoms with Crippen LogP contribution in [0.1, 0.15) is 104 Å². The van der Waals surface area contributed by atoms with Crippen molar-refractivity contribution >= 4 is 0 Å². The molecule has 2 aliphatic rings. The van der Waals surface area contributed by atoms with E-state index in [-0.39, 0.29) is 0 Å². The van der Waals surface area contributed by atoms with Gasteiger partial charge in [0.2, 0.25) is 0 Å². The highest BCUT2D eigenvalue weighted by atomic mass is 14.4. The summed E-state index contributed by atoms with van der Waals surface area (Å²) in [5.41, 5.74) is 0. The molecule has 21 heavy (non-hydrogen) atoms. The molecular formula is C21H40. The highest BCUT2D eigenvalue weighted by Crippen LogP contribution is 2.45. The van der Waals surface area contributed by atoms with Crippen LogP contribution in [0.5, 0.6) is 0 Å². The summed E-state index contributed by atoms with van der Waals surface area (Å²) < 4.78 is 0. The summed E-state index contributed by atoms with van der Waals surface area (Å²) in [6.45, 7) is 7.25. The normalized spacial score (nSPS) is 37.6. The topological polar surface area (TPSA) is 0 Å². The second-order valence-electron chi connectivity index (χ2n) is 8.39. The third-order valence-corrected chi connectivity index (χ3v) is 6.75. The van der Waals surface area contributed by atoms with Crippen LogP contribution in [0.15, 0.2) is 0 Å². The molecule has 2 saturated carbocycles. The minimum absolute atomic E-state index is 1.01. The highest BCUT2D eigenvalue weighted by Gasteiger charge is 2.34. The third kappa shape index (κ3) is 5.29. The summed E-state index contributed by atoms with van der Waals surface area (Å²) in [4.78, 5) is 0. The van der Waals surface area contributed by atoms with Crippen LogP contribution in [0.2, 0.25) is 0 Å². The van der Waals surface area contributed by atoms with Crippen molar-refractivity contribution in [3.63, 3.8) is 0 Å². The molecule has 0 spiro atoms. The van der Waals surface area contributed by atoms with E-state index in [1.54, 1.807) is 38.5 Å². The summed E-state index contributed by atoms with van der Waals surface area (Å²) in [5.74, 6) is 5.32. The first-order chi connectivity index (χ1) is 10.2. The minimum Gasteiger partial charge on any atom is -0.0654 e. The molecule has 0 saturated heterocycles. The van der Waals surface area contributed by atoms with Gasteiger partial charge in [0.25, 0.3) is 0 Å². The maximum absolute atomic E-state index is 2.57. The van der Waals surface area contributed by atoms with E-state index in [9.17, 15) is 0 Å². The Hall–Kier alpha value is 0. The Bertz CT molecular complexity index is 261. The number of unbranched alkanes of at least 4 members (excludes halogenated alkanes) is 2. The summed E-state index contributed by atoms with van der Waals surface area (Å²) in [6, 6.07) is 0. The summed E-state index contributed by atoms with van der Waals surface area (Å²) in [5, 5.41) is 0. The molecule has 2 aliphatic carbocycles. The highest BCUT2D eigenvalue weighted by molar-refractivity contribution is 4.85. The Labute approximate surface area is 134 Å². The molecule has 0 bridgehead atoms. The van der Waals surface area contributed by atoms with E-state index in [2.05, 4.69) is 20.8 Å². The largest absolute Gasteiger partial charge is 0.0654 e. The van der Waals surface area contributed by atoms with E-state index >= 15 is 0 Å². The van der Waals surface area contributed by atoms with Gasteiger partial charge in [-0.1, -0.05) is 78.6 Å². The van der Waals surface area contributed by atoms with Gasteiger partial charge in [0, 0.05) is 0 Å². The van der Waals surface area contributed by atoms with Gasteiger partial charge in [-0.15, -0.1) is 0 Å². The Balaban J connectivity index is 1.70. The van der Waals surface area contributed by atoms with E-state index in [0.29, 0.717) is 0 Å². The second kappa shape index (κ2) is 9.21. The molecular weight excluding hydrogens is 252 g/mol. The Morgan fingerprint density at radius 2 is 1.43 bits per heavy atom. The van der Waals surface area contributed by atoms with Gasteiger partial charge >= 0.3 is 0 Å². The first kappa shape index (κ1) is 17.4. The maximum Gasteiger partial charge on any atom is -0.0360 e. The molecule has 0 N–H and O–H groups in total. The van der Waals surface area contributed by atoms with Crippen LogP contribution in [0.3, 0.4) is 0 Å². The van der Waals surface area contributed by atoms with Crippen molar-refractivity contribution in [1.29, 1.82) is 0 Å². The molecule has 0 amide bonds. The zero-order valence-corrected chi connectivity index (χ0v) is 15.1. The summed E-state index contributed by atoms with van der Waals surface area (Å²) in [7, 11) is 0. The lowest BCUT2D eigenvalue weighted by molar-refractivity contribution is 0.0924. The molecule has 2 fully saturated rings. The van der Waals surface area contributed by atoms with E-state index in [0.717, 1.165) is 29.6 Å². The van der Waals surface area contributed by atoms with Crippen molar-refractivity contribution in [2.45, 2.75) is 104 Å². The summed E-state index contributed by atoms with van der Waals surface area (Å²) >= 11 is 0. The molecule has 0 radical (unpaired) electrons. The van der Waals surface area contributed by atoms with Crippen molar-refractivity contribution in [2.24, 2.45) is 29.6 Å². The standard InChI is InChI=1S/C21H40/c1-4-6-7-9-18-10-13-20(14-11-18)21-15-12-19(8-5-2)16-17(21)3/h17-21H,4-16H2,1-3H3. The van der Waals surface area contributed by atoms with Crippen LogP contribution in [-0.4, -0.2) is 0 Å². The van der Waals surface area contributed by atoms with Crippen molar-refractivity contribution in [3.8, 4) is 0 Å². The molecule has 124 valence electrons. The van der Waals surface area contributed by atoms with Gasteiger partial charge in [-0.2, -0.15) is 0 Å². The smallest absolute Gasteiger partial charge is 0.0360 e. The van der Waals surface area contributed by atoms with Crippen LogP contribution < -0.4 is 0 Å². The molecule has 3 unspecified atom stereocenters. The fourth-order valence-electron chi connectivity index (χ4n) is 5.49. The lowest BCUT2D eigenvalue weighted by atomic mass is 9.64. The zero-order valence-electron chi connectivity index (χ0n) is 15.1. The molecule has 0 aromatic heterocycles. The first-order valence-electron chi connectivity index (χ1n) is 10.2. The van der Waals surface area contributed by atoms with E-state index in [1.165, 1.54) is 44.9 Å². The quantitative estimate of drug-likeness (QED) is 0.434. The molecule has 0 heterocycles. The second-order valence-corrected chi connectivity index (χ2v) is 8.39. The van der Waals surface area contributed by atoms with Crippen LogP contribution in [-0.2, 0) is 0 Å². The van der Waals surface area contributed by atoms with Crippen LogP contribution in [0, 0.1) is 29.6 Å². The Kier molecular flexibility index (Phi) is 7.61. The van der Waals surface area contributed by atoms with Crippen LogP contribution in [0.25, 0.3) is 0 Å². The Morgan fingerprint density at radius 1 is 0.714 bits per heavy atom.